The van der Waals surface area contributed by atoms with E-state index in [1.165, 1.54) is 0 Å². The molecule has 2 aromatic heterocycles. The lowest BCUT2D eigenvalue weighted by atomic mass is 10.2. The van der Waals surface area contributed by atoms with Crippen LogP contribution in [0.15, 0.2) is 22.8 Å². The second kappa shape index (κ2) is 5.95. The van der Waals surface area contributed by atoms with Gasteiger partial charge in [0.05, 0.1) is 0 Å². The molecule has 0 saturated carbocycles. The van der Waals surface area contributed by atoms with E-state index in [0.29, 0.717) is 21.8 Å². The quantitative estimate of drug-likeness (QED) is 0.764. The van der Waals surface area contributed by atoms with Gasteiger partial charge < -0.3 is 0 Å². The first-order valence-electron chi connectivity index (χ1n) is 5.45. The predicted octanol–water partition coefficient (Wildman–Crippen LogP) is 4.56. The first-order chi connectivity index (χ1) is 8.61. The van der Waals surface area contributed by atoms with Crippen LogP contribution >= 0.6 is 39.1 Å². The van der Waals surface area contributed by atoms with Crippen LogP contribution in [0.4, 0.5) is 0 Å². The van der Waals surface area contributed by atoms with E-state index in [0.717, 1.165) is 22.9 Å². The number of rotatable bonds is 3. The third-order valence-corrected chi connectivity index (χ3v) is 3.46. The van der Waals surface area contributed by atoms with Gasteiger partial charge in [0, 0.05) is 16.2 Å². The summed E-state index contributed by atoms with van der Waals surface area (Å²) in [5.74, 6) is 0.442. The Bertz CT molecular complexity index is 535. The van der Waals surface area contributed by atoms with Crippen molar-refractivity contribution < 1.29 is 0 Å². The first kappa shape index (κ1) is 13.7. The minimum Gasteiger partial charge on any atom is -0.252 e. The molecule has 0 N–H and O–H groups in total. The molecular weight excluding hydrogens is 337 g/mol. The topological polar surface area (TPSA) is 38.7 Å². The van der Waals surface area contributed by atoms with Crippen molar-refractivity contribution in [3.05, 3.63) is 38.7 Å². The summed E-state index contributed by atoms with van der Waals surface area (Å²) < 4.78 is 0.894. The Labute approximate surface area is 124 Å². The molecule has 0 aliphatic heterocycles. The Morgan fingerprint density at radius 2 is 1.83 bits per heavy atom. The molecule has 0 atom stereocenters. The maximum absolute atomic E-state index is 6.12. The molecule has 0 saturated heterocycles. The molecule has 0 aromatic carbocycles. The Hall–Kier alpha value is -0.710. The number of hydrogen-bond acceptors (Lipinski definition) is 3. The van der Waals surface area contributed by atoms with Crippen LogP contribution in [-0.4, -0.2) is 15.0 Å². The zero-order valence-corrected chi connectivity index (χ0v) is 12.7. The third-order valence-electron chi connectivity index (χ3n) is 2.36. The molecule has 0 radical (unpaired) electrons. The lowest BCUT2D eigenvalue weighted by Crippen LogP contribution is -1.98. The smallest absolute Gasteiger partial charge is 0.181 e. The molecule has 0 fully saturated rings. The maximum atomic E-state index is 6.12. The van der Waals surface area contributed by atoms with Gasteiger partial charge in [-0.1, -0.05) is 36.5 Å². The van der Waals surface area contributed by atoms with Crippen molar-refractivity contribution >= 4 is 39.1 Å². The highest BCUT2D eigenvalue weighted by molar-refractivity contribution is 9.10. The van der Waals surface area contributed by atoms with Gasteiger partial charge in [-0.3, -0.25) is 4.98 Å². The van der Waals surface area contributed by atoms with Crippen LogP contribution in [0.3, 0.4) is 0 Å². The van der Waals surface area contributed by atoms with E-state index in [2.05, 4.69) is 37.8 Å². The summed E-state index contributed by atoms with van der Waals surface area (Å²) in [6.45, 7) is 2.05. The average Bonchev–Trinajstić information content (AvgIpc) is 2.34. The molecule has 0 amide bonds. The minimum atomic E-state index is 0.400. The Morgan fingerprint density at radius 1 is 1.17 bits per heavy atom. The van der Waals surface area contributed by atoms with E-state index in [1.54, 1.807) is 6.20 Å². The number of halogens is 3. The van der Waals surface area contributed by atoms with E-state index in [9.17, 15) is 0 Å². The molecule has 0 aliphatic carbocycles. The maximum Gasteiger partial charge on any atom is 0.181 e. The van der Waals surface area contributed by atoms with Crippen molar-refractivity contribution in [2.45, 2.75) is 19.8 Å². The summed E-state index contributed by atoms with van der Waals surface area (Å²) in [6, 6.07) is 3.68. The Morgan fingerprint density at radius 3 is 2.33 bits per heavy atom. The summed E-state index contributed by atoms with van der Waals surface area (Å²) in [7, 11) is 0. The first-order valence-corrected chi connectivity index (χ1v) is 7.00. The summed E-state index contributed by atoms with van der Waals surface area (Å²) in [5, 5.41) is 0.799. The molecule has 94 valence electrons. The van der Waals surface area contributed by atoms with Gasteiger partial charge >= 0.3 is 0 Å². The summed E-state index contributed by atoms with van der Waals surface area (Å²) >= 11 is 15.6. The minimum absolute atomic E-state index is 0.400. The number of hydrogen-bond donors (Lipinski definition) is 0. The molecule has 0 bridgehead atoms. The normalized spacial score (nSPS) is 10.7. The third kappa shape index (κ3) is 2.99. The summed E-state index contributed by atoms with van der Waals surface area (Å²) in [6.07, 6.45) is 3.39. The van der Waals surface area contributed by atoms with E-state index in [-0.39, 0.29) is 0 Å². The Balaban J connectivity index is 2.44. The van der Waals surface area contributed by atoms with Crippen LogP contribution in [0.25, 0.3) is 11.5 Å². The lowest BCUT2D eigenvalue weighted by Gasteiger charge is -2.06. The van der Waals surface area contributed by atoms with Gasteiger partial charge in [0.1, 0.15) is 16.0 Å². The molecule has 2 rings (SSSR count). The highest BCUT2D eigenvalue weighted by Crippen LogP contribution is 2.26. The second-order valence-corrected chi connectivity index (χ2v) is 5.35. The van der Waals surface area contributed by atoms with Gasteiger partial charge in [0.15, 0.2) is 5.82 Å². The molecule has 6 heteroatoms. The van der Waals surface area contributed by atoms with Crippen molar-refractivity contribution in [1.29, 1.82) is 0 Å². The van der Waals surface area contributed by atoms with Gasteiger partial charge in [0.25, 0.3) is 0 Å². The molecule has 0 aliphatic rings. The zero-order chi connectivity index (χ0) is 13.1. The van der Waals surface area contributed by atoms with Crippen LogP contribution in [0.2, 0.25) is 10.3 Å². The standard InChI is InChI=1S/C12H10BrCl2N3/c1-2-3-8-10(14)17-12(18-11(8)15)9-5-4-7(13)6-16-9/h4-6H,2-3H2,1H3. The van der Waals surface area contributed by atoms with Crippen LogP contribution in [0.1, 0.15) is 18.9 Å². The van der Waals surface area contributed by atoms with E-state index < -0.39 is 0 Å². The fourth-order valence-electron chi connectivity index (χ4n) is 1.51. The molecular formula is C12H10BrCl2N3. The van der Waals surface area contributed by atoms with Gasteiger partial charge in [-0.2, -0.15) is 0 Å². The van der Waals surface area contributed by atoms with Gasteiger partial charge in [-0.15, -0.1) is 0 Å². The van der Waals surface area contributed by atoms with Crippen LogP contribution in [0.5, 0.6) is 0 Å². The van der Waals surface area contributed by atoms with Crippen molar-refractivity contribution in [3.8, 4) is 11.5 Å². The van der Waals surface area contributed by atoms with Crippen LogP contribution < -0.4 is 0 Å². The molecule has 18 heavy (non-hydrogen) atoms. The molecule has 0 unspecified atom stereocenters. The SMILES string of the molecule is CCCc1c(Cl)nc(-c2ccc(Br)cn2)nc1Cl. The van der Waals surface area contributed by atoms with Gasteiger partial charge in [0.2, 0.25) is 0 Å². The van der Waals surface area contributed by atoms with E-state index in [1.807, 2.05) is 12.1 Å². The van der Waals surface area contributed by atoms with E-state index >= 15 is 0 Å². The van der Waals surface area contributed by atoms with Crippen molar-refractivity contribution in [2.75, 3.05) is 0 Å². The highest BCUT2D eigenvalue weighted by atomic mass is 79.9. The number of nitrogens with zero attached hydrogens (tertiary/aromatic N) is 3. The number of pyridine rings is 1. The van der Waals surface area contributed by atoms with Crippen molar-refractivity contribution in [1.82, 2.24) is 15.0 Å². The monoisotopic (exact) mass is 345 g/mol. The summed E-state index contributed by atoms with van der Waals surface area (Å²) in [5.41, 5.74) is 1.44. The van der Waals surface area contributed by atoms with Gasteiger partial charge in [-0.05, 0) is 34.5 Å². The fourth-order valence-corrected chi connectivity index (χ4v) is 2.32. The van der Waals surface area contributed by atoms with Crippen LogP contribution in [-0.2, 0) is 6.42 Å². The molecule has 0 spiro atoms. The average molecular weight is 347 g/mol. The Kier molecular flexibility index (Phi) is 4.54. The lowest BCUT2D eigenvalue weighted by molar-refractivity contribution is 0.902. The molecule has 2 aromatic rings. The zero-order valence-electron chi connectivity index (χ0n) is 9.62. The fraction of sp³-hybridized carbons (Fsp3) is 0.250. The molecule has 2 heterocycles. The molecule has 3 nitrogen and oxygen atoms in total. The summed E-state index contributed by atoms with van der Waals surface area (Å²) in [4.78, 5) is 12.7. The van der Waals surface area contributed by atoms with E-state index in [4.69, 9.17) is 23.2 Å². The highest BCUT2D eigenvalue weighted by Gasteiger charge is 2.12. The second-order valence-electron chi connectivity index (χ2n) is 3.72. The van der Waals surface area contributed by atoms with Crippen molar-refractivity contribution in [2.24, 2.45) is 0 Å². The van der Waals surface area contributed by atoms with Crippen molar-refractivity contribution in [3.63, 3.8) is 0 Å². The van der Waals surface area contributed by atoms with Crippen LogP contribution in [0, 0.1) is 0 Å². The van der Waals surface area contributed by atoms with Gasteiger partial charge in [-0.25, -0.2) is 9.97 Å². The number of aromatic nitrogens is 3. The predicted molar refractivity (Wildman–Crippen MR) is 77.0 cm³/mol. The largest absolute Gasteiger partial charge is 0.252 e.